The van der Waals surface area contributed by atoms with Crippen molar-refractivity contribution in [2.24, 2.45) is 0 Å². The van der Waals surface area contributed by atoms with Crippen LogP contribution in [-0.2, 0) is 4.79 Å². The number of nitrogens with one attached hydrogen (secondary N) is 1. The van der Waals surface area contributed by atoms with Gasteiger partial charge in [-0.3, -0.25) is 4.79 Å². The predicted molar refractivity (Wildman–Crippen MR) is 79.9 cm³/mol. The third-order valence-corrected chi connectivity index (χ3v) is 3.29. The first-order valence-electron chi connectivity index (χ1n) is 6.49. The van der Waals surface area contributed by atoms with Crippen molar-refractivity contribution < 1.29 is 13.9 Å². The highest BCUT2D eigenvalue weighted by Crippen LogP contribution is 2.22. The van der Waals surface area contributed by atoms with E-state index in [-0.39, 0.29) is 24.3 Å². The van der Waals surface area contributed by atoms with Crippen LogP contribution in [0.5, 0.6) is 5.75 Å². The quantitative estimate of drug-likeness (QED) is 0.914. The molecule has 2 aromatic carbocycles. The Balaban J connectivity index is 1.90. The van der Waals surface area contributed by atoms with E-state index in [2.05, 4.69) is 5.32 Å². The summed E-state index contributed by atoms with van der Waals surface area (Å²) in [5.74, 6) is -0.784. The standard InChI is InChI=1S/C16H15ClFNO2/c1-11(12-6-2-3-7-13(12)17)19-16(20)10-21-15-9-5-4-8-14(15)18/h2-9,11H,10H2,1H3,(H,19,20). The number of amides is 1. The average molecular weight is 308 g/mol. The fraction of sp³-hybridized carbons (Fsp3) is 0.188. The molecular weight excluding hydrogens is 293 g/mol. The maximum absolute atomic E-state index is 13.3. The normalized spacial score (nSPS) is 11.8. The molecular formula is C16H15ClFNO2. The van der Waals surface area contributed by atoms with Crippen LogP contribution in [0.4, 0.5) is 4.39 Å². The van der Waals surface area contributed by atoms with Crippen LogP contribution >= 0.6 is 11.6 Å². The lowest BCUT2D eigenvalue weighted by Gasteiger charge is -2.16. The van der Waals surface area contributed by atoms with Crippen LogP contribution in [0.1, 0.15) is 18.5 Å². The molecule has 0 fully saturated rings. The van der Waals surface area contributed by atoms with Crippen molar-refractivity contribution in [3.63, 3.8) is 0 Å². The minimum Gasteiger partial charge on any atom is -0.481 e. The molecule has 21 heavy (non-hydrogen) atoms. The van der Waals surface area contributed by atoms with Gasteiger partial charge in [0.2, 0.25) is 0 Å². The van der Waals surface area contributed by atoms with Crippen LogP contribution in [0.25, 0.3) is 0 Å². The minimum atomic E-state index is -0.496. The zero-order valence-corrected chi connectivity index (χ0v) is 12.2. The van der Waals surface area contributed by atoms with Crippen LogP contribution in [0.2, 0.25) is 5.02 Å². The van der Waals surface area contributed by atoms with Gasteiger partial charge in [0.05, 0.1) is 6.04 Å². The molecule has 1 atom stereocenters. The van der Waals surface area contributed by atoms with Crippen molar-refractivity contribution in [2.75, 3.05) is 6.61 Å². The van der Waals surface area contributed by atoms with Crippen molar-refractivity contribution in [1.82, 2.24) is 5.32 Å². The van der Waals surface area contributed by atoms with Gasteiger partial charge in [0.1, 0.15) is 0 Å². The Bertz CT molecular complexity index is 633. The summed E-state index contributed by atoms with van der Waals surface area (Å²) in [7, 11) is 0. The van der Waals surface area contributed by atoms with E-state index in [1.54, 1.807) is 18.2 Å². The lowest BCUT2D eigenvalue weighted by atomic mass is 10.1. The molecule has 5 heteroatoms. The van der Waals surface area contributed by atoms with Gasteiger partial charge in [-0.25, -0.2) is 4.39 Å². The molecule has 0 radical (unpaired) electrons. The predicted octanol–water partition coefficient (Wildman–Crippen LogP) is 3.74. The minimum absolute atomic E-state index is 0.0537. The van der Waals surface area contributed by atoms with Gasteiger partial charge in [-0.1, -0.05) is 41.9 Å². The number of hydrogen-bond donors (Lipinski definition) is 1. The van der Waals surface area contributed by atoms with Crippen LogP contribution in [-0.4, -0.2) is 12.5 Å². The van der Waals surface area contributed by atoms with E-state index in [1.807, 2.05) is 25.1 Å². The molecule has 1 amide bonds. The van der Waals surface area contributed by atoms with Gasteiger partial charge in [0.25, 0.3) is 5.91 Å². The van der Waals surface area contributed by atoms with E-state index in [1.165, 1.54) is 12.1 Å². The van der Waals surface area contributed by atoms with Crippen LogP contribution < -0.4 is 10.1 Å². The number of hydrogen-bond acceptors (Lipinski definition) is 2. The Morgan fingerprint density at radius 3 is 2.62 bits per heavy atom. The zero-order chi connectivity index (χ0) is 15.2. The second kappa shape index (κ2) is 7.09. The highest BCUT2D eigenvalue weighted by Gasteiger charge is 2.13. The number of benzene rings is 2. The second-order valence-electron chi connectivity index (χ2n) is 4.53. The highest BCUT2D eigenvalue weighted by molar-refractivity contribution is 6.31. The first-order chi connectivity index (χ1) is 10.1. The van der Waals surface area contributed by atoms with Gasteiger partial charge in [0, 0.05) is 5.02 Å². The first kappa shape index (κ1) is 15.3. The fourth-order valence-corrected chi connectivity index (χ4v) is 2.19. The lowest BCUT2D eigenvalue weighted by Crippen LogP contribution is -2.31. The SMILES string of the molecule is CC(NC(=O)COc1ccccc1F)c1ccccc1Cl. The Hall–Kier alpha value is -2.07. The van der Waals surface area contributed by atoms with Crippen LogP contribution in [0.3, 0.4) is 0 Å². The Kier molecular flexibility index (Phi) is 5.17. The molecule has 2 rings (SSSR count). The molecule has 1 unspecified atom stereocenters. The monoisotopic (exact) mass is 307 g/mol. The maximum atomic E-state index is 13.3. The summed E-state index contributed by atoms with van der Waals surface area (Å²) in [5, 5.41) is 3.34. The molecule has 0 bridgehead atoms. The summed E-state index contributed by atoms with van der Waals surface area (Å²) in [6, 6.07) is 13.0. The Morgan fingerprint density at radius 1 is 1.24 bits per heavy atom. The Morgan fingerprint density at radius 2 is 1.90 bits per heavy atom. The zero-order valence-electron chi connectivity index (χ0n) is 11.5. The van der Waals surface area contributed by atoms with Gasteiger partial charge in [-0.05, 0) is 30.7 Å². The van der Waals surface area contributed by atoms with Gasteiger partial charge in [-0.15, -0.1) is 0 Å². The van der Waals surface area contributed by atoms with E-state index in [9.17, 15) is 9.18 Å². The number of ether oxygens (including phenoxy) is 1. The van der Waals surface area contributed by atoms with Crippen LogP contribution in [0.15, 0.2) is 48.5 Å². The average Bonchev–Trinajstić information content (AvgIpc) is 2.46. The lowest BCUT2D eigenvalue weighted by molar-refractivity contribution is -0.123. The van der Waals surface area contributed by atoms with E-state index in [4.69, 9.17) is 16.3 Å². The molecule has 0 aliphatic heterocycles. The Labute approximate surface area is 127 Å². The molecule has 2 aromatic rings. The highest BCUT2D eigenvalue weighted by atomic mass is 35.5. The molecule has 0 spiro atoms. The van der Waals surface area contributed by atoms with Gasteiger partial charge < -0.3 is 10.1 Å². The largest absolute Gasteiger partial charge is 0.481 e. The second-order valence-corrected chi connectivity index (χ2v) is 4.94. The summed E-state index contributed by atoms with van der Waals surface area (Å²) < 4.78 is 18.5. The molecule has 0 heterocycles. The van der Waals surface area contributed by atoms with Crippen molar-refractivity contribution in [3.8, 4) is 5.75 Å². The molecule has 0 saturated heterocycles. The summed E-state index contributed by atoms with van der Waals surface area (Å²) in [6.45, 7) is 1.57. The van der Waals surface area contributed by atoms with Crippen molar-refractivity contribution in [2.45, 2.75) is 13.0 Å². The molecule has 0 aromatic heterocycles. The number of carbonyl (C=O) groups excluding carboxylic acids is 1. The van der Waals surface area contributed by atoms with E-state index in [0.29, 0.717) is 5.02 Å². The van der Waals surface area contributed by atoms with E-state index in [0.717, 1.165) is 5.56 Å². The van der Waals surface area contributed by atoms with Crippen molar-refractivity contribution in [1.29, 1.82) is 0 Å². The number of para-hydroxylation sites is 1. The topological polar surface area (TPSA) is 38.3 Å². The van der Waals surface area contributed by atoms with Gasteiger partial charge in [-0.2, -0.15) is 0 Å². The molecule has 110 valence electrons. The maximum Gasteiger partial charge on any atom is 0.258 e. The smallest absolute Gasteiger partial charge is 0.258 e. The summed E-state index contributed by atoms with van der Waals surface area (Å²) in [6.07, 6.45) is 0. The van der Waals surface area contributed by atoms with Gasteiger partial charge in [0.15, 0.2) is 18.2 Å². The van der Waals surface area contributed by atoms with Crippen molar-refractivity contribution in [3.05, 3.63) is 64.9 Å². The molecule has 1 N–H and O–H groups in total. The number of carbonyl (C=O) groups is 1. The van der Waals surface area contributed by atoms with Gasteiger partial charge >= 0.3 is 0 Å². The summed E-state index contributed by atoms with van der Waals surface area (Å²) in [4.78, 5) is 11.8. The molecule has 0 aliphatic rings. The molecule has 0 aliphatic carbocycles. The number of rotatable bonds is 5. The summed E-state index contributed by atoms with van der Waals surface area (Å²) >= 11 is 6.06. The molecule has 3 nitrogen and oxygen atoms in total. The van der Waals surface area contributed by atoms with E-state index < -0.39 is 5.82 Å². The fourth-order valence-electron chi connectivity index (χ4n) is 1.89. The molecule has 0 saturated carbocycles. The van der Waals surface area contributed by atoms with Crippen molar-refractivity contribution >= 4 is 17.5 Å². The third kappa shape index (κ3) is 4.20. The third-order valence-electron chi connectivity index (χ3n) is 2.94. The summed E-state index contributed by atoms with van der Waals surface area (Å²) in [5.41, 5.74) is 0.818. The van der Waals surface area contributed by atoms with E-state index >= 15 is 0 Å². The first-order valence-corrected chi connectivity index (χ1v) is 6.87. The van der Waals surface area contributed by atoms with Crippen LogP contribution in [0, 0.1) is 5.82 Å². The number of halogens is 2.